The SMILES string of the molecule is [2H]c1cc2nc(C)n(C3C(=O)CC(=O)C([2H])C3[2H])c(=O)c2c(N)c1[2H]. The average Bonchev–Trinajstić information content (AvgIpc) is 2.53. The second kappa shape index (κ2) is 4.80. The molecule has 0 spiro atoms. The first-order chi connectivity index (χ1) is 11.6. The number of hydrogen-bond acceptors (Lipinski definition) is 5. The summed E-state index contributed by atoms with van der Waals surface area (Å²) in [4.78, 5) is 41.0. The lowest BCUT2D eigenvalue weighted by Crippen LogP contribution is -2.36. The topological polar surface area (TPSA) is 95.0 Å². The molecule has 0 aliphatic heterocycles. The minimum atomic E-state index is -1.43. The summed E-state index contributed by atoms with van der Waals surface area (Å²) >= 11 is 0. The molecule has 2 aromatic rings. The minimum Gasteiger partial charge on any atom is -0.398 e. The predicted octanol–water partition coefficient (Wildman–Crippen LogP) is 1.15. The van der Waals surface area contributed by atoms with E-state index in [1.165, 1.54) is 13.0 Å². The standard InChI is InChI=1S/C15H15N3O3/c1-8-17-11-4-2-3-10(16)14(11)15(21)18(8)12-6-5-9(19)7-13(12)20/h2-4,12H,5-7,16H2,1H3/i2D,3D,5D,6D. The molecule has 3 rings (SSSR count). The lowest BCUT2D eigenvalue weighted by atomic mass is 9.92. The zero-order valence-corrected chi connectivity index (χ0v) is 11.2. The number of aromatic nitrogens is 2. The van der Waals surface area contributed by atoms with Crippen LogP contribution in [0.2, 0.25) is 0 Å². The van der Waals surface area contributed by atoms with Gasteiger partial charge in [-0.3, -0.25) is 19.0 Å². The number of nitrogens with zero attached hydrogens (tertiary/aromatic N) is 2. The predicted molar refractivity (Wildman–Crippen MR) is 78.1 cm³/mol. The molecule has 1 saturated carbocycles. The zero-order valence-electron chi connectivity index (χ0n) is 15.2. The molecule has 108 valence electrons. The molecule has 3 unspecified atom stereocenters. The molecule has 1 aliphatic carbocycles. The molecule has 1 fully saturated rings. The fourth-order valence-electron chi connectivity index (χ4n) is 2.46. The first-order valence-electron chi connectivity index (χ1n) is 8.49. The summed E-state index contributed by atoms with van der Waals surface area (Å²) < 4.78 is 32.2. The number of benzene rings is 1. The summed E-state index contributed by atoms with van der Waals surface area (Å²) in [6.45, 7) is 1.46. The molecule has 1 aliphatic rings. The molecule has 6 nitrogen and oxygen atoms in total. The highest BCUT2D eigenvalue weighted by molar-refractivity contribution is 6.03. The van der Waals surface area contributed by atoms with Crippen LogP contribution in [0.4, 0.5) is 5.69 Å². The Kier molecular flexibility index (Phi) is 2.16. The molecule has 6 heteroatoms. The van der Waals surface area contributed by atoms with Crippen LogP contribution in [0.15, 0.2) is 22.9 Å². The lowest BCUT2D eigenvalue weighted by molar-refractivity contribution is -0.132. The van der Waals surface area contributed by atoms with Crippen LogP contribution in [0.25, 0.3) is 10.9 Å². The molecule has 1 aromatic heterocycles. The molecule has 2 N–H and O–H groups in total. The third-order valence-corrected chi connectivity index (χ3v) is 3.43. The molecule has 1 aromatic carbocycles. The Bertz CT molecular complexity index is 988. The van der Waals surface area contributed by atoms with Gasteiger partial charge >= 0.3 is 0 Å². The van der Waals surface area contributed by atoms with Gasteiger partial charge in [-0.1, -0.05) is 6.04 Å². The summed E-state index contributed by atoms with van der Waals surface area (Å²) in [5.74, 6) is -1.15. The van der Waals surface area contributed by atoms with E-state index in [2.05, 4.69) is 4.98 Å². The minimum absolute atomic E-state index is 0.106. The van der Waals surface area contributed by atoms with Crippen molar-refractivity contribution in [1.82, 2.24) is 9.55 Å². The van der Waals surface area contributed by atoms with Gasteiger partial charge in [0.2, 0.25) is 0 Å². The zero-order chi connectivity index (χ0) is 18.6. The highest BCUT2D eigenvalue weighted by atomic mass is 16.2. The van der Waals surface area contributed by atoms with Gasteiger partial charge in [0.1, 0.15) is 11.6 Å². The van der Waals surface area contributed by atoms with Crippen molar-refractivity contribution >= 4 is 28.2 Å². The number of aryl methyl sites for hydroxylation is 1. The number of hydrogen-bond donors (Lipinski definition) is 1. The number of Topliss-reactive ketones (excluding diaryl/α,β-unsaturated/α-hetero) is 2. The van der Waals surface area contributed by atoms with E-state index < -0.39 is 42.4 Å². The Morgan fingerprint density at radius 2 is 2.24 bits per heavy atom. The Balaban J connectivity index is 2.32. The van der Waals surface area contributed by atoms with Crippen LogP contribution in [0, 0.1) is 6.92 Å². The monoisotopic (exact) mass is 289 g/mol. The van der Waals surface area contributed by atoms with Crippen LogP contribution < -0.4 is 11.3 Å². The number of rotatable bonds is 1. The van der Waals surface area contributed by atoms with E-state index in [-0.39, 0.29) is 34.5 Å². The van der Waals surface area contributed by atoms with Crippen molar-refractivity contribution in [3.8, 4) is 0 Å². The van der Waals surface area contributed by atoms with E-state index in [9.17, 15) is 14.4 Å². The average molecular weight is 289 g/mol. The van der Waals surface area contributed by atoms with Crippen molar-refractivity contribution in [3.05, 3.63) is 34.3 Å². The number of carbonyl (C=O) groups is 2. The van der Waals surface area contributed by atoms with Crippen molar-refractivity contribution in [2.75, 3.05) is 5.73 Å². The summed E-state index contributed by atoms with van der Waals surface area (Å²) in [5, 5.41) is -0.106. The normalized spacial score (nSPS) is 28.9. The van der Waals surface area contributed by atoms with E-state index >= 15 is 0 Å². The van der Waals surface area contributed by atoms with Crippen molar-refractivity contribution in [2.45, 2.75) is 32.2 Å². The number of anilines is 1. The van der Waals surface area contributed by atoms with Crippen LogP contribution in [0.1, 0.15) is 36.6 Å². The van der Waals surface area contributed by atoms with Gasteiger partial charge in [0.05, 0.1) is 26.1 Å². The van der Waals surface area contributed by atoms with Gasteiger partial charge in [0, 0.05) is 14.8 Å². The van der Waals surface area contributed by atoms with Crippen molar-refractivity contribution in [1.29, 1.82) is 0 Å². The van der Waals surface area contributed by atoms with E-state index in [1.54, 1.807) is 0 Å². The first-order valence-corrected chi connectivity index (χ1v) is 6.33. The van der Waals surface area contributed by atoms with Gasteiger partial charge in [0.15, 0.2) is 5.78 Å². The molecule has 1 heterocycles. The van der Waals surface area contributed by atoms with E-state index in [0.717, 1.165) is 4.57 Å². The van der Waals surface area contributed by atoms with Crippen LogP contribution in [-0.4, -0.2) is 21.1 Å². The molecule has 0 radical (unpaired) electrons. The fraction of sp³-hybridized carbons (Fsp3) is 0.333. The van der Waals surface area contributed by atoms with Crippen LogP contribution in [0.5, 0.6) is 0 Å². The molecule has 0 saturated heterocycles. The van der Waals surface area contributed by atoms with E-state index in [1.807, 2.05) is 0 Å². The molecule has 0 amide bonds. The van der Waals surface area contributed by atoms with Crippen molar-refractivity contribution in [2.24, 2.45) is 0 Å². The maximum Gasteiger partial charge on any atom is 0.264 e. The summed E-state index contributed by atoms with van der Waals surface area (Å²) in [5.41, 5.74) is 4.99. The van der Waals surface area contributed by atoms with Gasteiger partial charge in [0.25, 0.3) is 5.56 Å². The Hall–Kier alpha value is -2.50. The van der Waals surface area contributed by atoms with Gasteiger partial charge in [-0.25, -0.2) is 4.98 Å². The van der Waals surface area contributed by atoms with Crippen molar-refractivity contribution in [3.63, 3.8) is 0 Å². The Morgan fingerprint density at radius 1 is 1.48 bits per heavy atom. The fourth-order valence-corrected chi connectivity index (χ4v) is 2.46. The molecular weight excluding hydrogens is 270 g/mol. The number of ketones is 2. The van der Waals surface area contributed by atoms with Gasteiger partial charge < -0.3 is 5.73 Å². The van der Waals surface area contributed by atoms with Crippen LogP contribution in [-0.2, 0) is 9.59 Å². The van der Waals surface area contributed by atoms with E-state index in [4.69, 9.17) is 11.2 Å². The number of nitrogens with two attached hydrogens (primary N) is 1. The van der Waals surface area contributed by atoms with Gasteiger partial charge in [-0.2, -0.15) is 0 Å². The molecular formula is C15H15N3O3. The molecule has 3 atom stereocenters. The smallest absolute Gasteiger partial charge is 0.264 e. The third-order valence-electron chi connectivity index (χ3n) is 3.43. The maximum atomic E-state index is 12.9. The Labute approximate surface area is 126 Å². The number of nitrogen functional groups attached to an aromatic ring is 1. The quantitative estimate of drug-likeness (QED) is 0.627. The summed E-state index contributed by atoms with van der Waals surface area (Å²) in [7, 11) is 0. The highest BCUT2D eigenvalue weighted by Gasteiger charge is 2.30. The van der Waals surface area contributed by atoms with Gasteiger partial charge in [-0.05, 0) is 25.4 Å². The summed E-state index contributed by atoms with van der Waals surface area (Å²) in [6.07, 6.45) is -3.37. The first kappa shape index (κ1) is 9.44. The largest absolute Gasteiger partial charge is 0.398 e. The van der Waals surface area contributed by atoms with E-state index in [0.29, 0.717) is 0 Å². The van der Waals surface area contributed by atoms with Crippen LogP contribution in [0.3, 0.4) is 0 Å². The number of carbonyl (C=O) groups excluding carboxylic acids is 2. The Morgan fingerprint density at radius 3 is 3.00 bits per heavy atom. The number of fused-ring (bicyclic) bond motifs is 1. The highest BCUT2D eigenvalue weighted by Crippen LogP contribution is 2.24. The summed E-state index contributed by atoms with van der Waals surface area (Å²) in [6, 6.07) is -0.579. The molecule has 0 bridgehead atoms. The second-order valence-corrected chi connectivity index (χ2v) is 4.84. The maximum absolute atomic E-state index is 12.9. The van der Waals surface area contributed by atoms with Gasteiger partial charge in [-0.15, -0.1) is 0 Å². The second-order valence-electron chi connectivity index (χ2n) is 4.84. The third kappa shape index (κ3) is 2.12. The van der Waals surface area contributed by atoms with Crippen LogP contribution >= 0.6 is 0 Å². The molecule has 21 heavy (non-hydrogen) atoms. The lowest BCUT2D eigenvalue weighted by Gasteiger charge is -2.24. The van der Waals surface area contributed by atoms with Crippen molar-refractivity contribution < 1.29 is 15.1 Å².